The summed E-state index contributed by atoms with van der Waals surface area (Å²) < 4.78 is 10.9. The smallest absolute Gasteiger partial charge is 0.185 e. The number of ether oxygens (including phenoxy) is 1. The van der Waals surface area contributed by atoms with E-state index in [9.17, 15) is 0 Å². The Morgan fingerprint density at radius 3 is 2.08 bits per heavy atom. The number of hydrogen-bond donors (Lipinski definition) is 0. The van der Waals surface area contributed by atoms with E-state index >= 15 is 0 Å². The molecule has 0 amide bonds. The van der Waals surface area contributed by atoms with Gasteiger partial charge >= 0.3 is 0 Å². The molecule has 2 unspecified atom stereocenters. The van der Waals surface area contributed by atoms with Crippen molar-refractivity contribution < 1.29 is 9.16 Å². The molecule has 0 radical (unpaired) electrons. The Bertz CT molecular complexity index is 120. The van der Waals surface area contributed by atoms with Gasteiger partial charge in [0.15, 0.2) is 9.04 Å². The summed E-state index contributed by atoms with van der Waals surface area (Å²) in [7, 11) is 0.587. The van der Waals surface area contributed by atoms with E-state index in [4.69, 9.17) is 9.16 Å². The minimum Gasteiger partial charge on any atom is -0.395 e. The summed E-state index contributed by atoms with van der Waals surface area (Å²) in [5.41, 5.74) is 0. The van der Waals surface area contributed by atoms with Crippen LogP contribution in [0.3, 0.4) is 0 Å². The van der Waals surface area contributed by atoms with Crippen LogP contribution in [0.25, 0.3) is 0 Å². The lowest BCUT2D eigenvalue weighted by molar-refractivity contribution is -0.0438. The van der Waals surface area contributed by atoms with Gasteiger partial charge in [0.25, 0.3) is 0 Å². The van der Waals surface area contributed by atoms with Gasteiger partial charge in [-0.15, -0.1) is 0 Å². The predicted molar refractivity (Wildman–Crippen MR) is 54.9 cm³/mol. The average Bonchev–Trinajstić information content (AvgIpc) is 1.97. The molecule has 12 heavy (non-hydrogen) atoms. The van der Waals surface area contributed by atoms with Gasteiger partial charge < -0.3 is 9.16 Å². The monoisotopic (exact) mass is 190 g/mol. The van der Waals surface area contributed by atoms with Crippen molar-refractivity contribution in [2.24, 2.45) is 0 Å². The van der Waals surface area contributed by atoms with Crippen LogP contribution in [-0.2, 0) is 9.16 Å². The molecule has 74 valence electrons. The SMILES string of the molecule is CC[SiH](OC(C)OC)C(C)(C)C. The largest absolute Gasteiger partial charge is 0.395 e. The standard InChI is InChI=1S/C9H22O2Si/c1-7-12(9(3,4)5)11-8(2)10-6/h8,12H,7H2,1-6H3. The zero-order valence-electron chi connectivity index (χ0n) is 9.18. The normalized spacial score (nSPS) is 17.5. The van der Waals surface area contributed by atoms with Crippen LogP contribution in [0.2, 0.25) is 11.1 Å². The van der Waals surface area contributed by atoms with Crippen molar-refractivity contribution in [2.75, 3.05) is 7.11 Å². The second kappa shape index (κ2) is 4.99. The molecule has 0 rings (SSSR count). The molecule has 0 N–H and O–H groups in total. The lowest BCUT2D eigenvalue weighted by Crippen LogP contribution is -2.32. The summed E-state index contributed by atoms with van der Waals surface area (Å²) in [4.78, 5) is 0. The zero-order valence-corrected chi connectivity index (χ0v) is 10.3. The highest BCUT2D eigenvalue weighted by Gasteiger charge is 2.27. The van der Waals surface area contributed by atoms with Crippen LogP contribution < -0.4 is 0 Å². The van der Waals surface area contributed by atoms with Crippen LogP contribution in [0.5, 0.6) is 0 Å². The molecule has 0 spiro atoms. The highest BCUT2D eigenvalue weighted by Crippen LogP contribution is 2.30. The Hall–Kier alpha value is 0.137. The summed E-state index contributed by atoms with van der Waals surface area (Å²) in [6, 6.07) is 1.16. The van der Waals surface area contributed by atoms with Gasteiger partial charge in [0.2, 0.25) is 0 Å². The van der Waals surface area contributed by atoms with E-state index in [1.165, 1.54) is 0 Å². The van der Waals surface area contributed by atoms with Crippen molar-refractivity contribution in [3.05, 3.63) is 0 Å². The summed E-state index contributed by atoms with van der Waals surface area (Å²) in [6.07, 6.45) is -0.0409. The van der Waals surface area contributed by atoms with E-state index in [-0.39, 0.29) is 6.29 Å². The van der Waals surface area contributed by atoms with Gasteiger partial charge in [-0.3, -0.25) is 0 Å². The predicted octanol–water partition coefficient (Wildman–Crippen LogP) is 2.54. The van der Waals surface area contributed by atoms with Crippen molar-refractivity contribution in [2.45, 2.75) is 52.0 Å². The summed E-state index contributed by atoms with van der Waals surface area (Å²) >= 11 is 0. The molecular formula is C9H22O2Si. The fourth-order valence-corrected chi connectivity index (χ4v) is 3.60. The van der Waals surface area contributed by atoms with Gasteiger partial charge in [-0.05, 0) is 18.0 Å². The first kappa shape index (κ1) is 12.1. The van der Waals surface area contributed by atoms with Crippen LogP contribution in [0, 0.1) is 0 Å². The molecule has 0 aliphatic heterocycles. The van der Waals surface area contributed by atoms with Crippen LogP contribution in [0.15, 0.2) is 0 Å². The van der Waals surface area contributed by atoms with Crippen molar-refractivity contribution in [1.82, 2.24) is 0 Å². The van der Waals surface area contributed by atoms with Crippen LogP contribution in [0.1, 0.15) is 34.6 Å². The van der Waals surface area contributed by atoms with Gasteiger partial charge in [-0.2, -0.15) is 0 Å². The molecule has 0 saturated heterocycles. The average molecular weight is 190 g/mol. The number of hydrogen-bond acceptors (Lipinski definition) is 2. The zero-order chi connectivity index (χ0) is 9.78. The van der Waals surface area contributed by atoms with Crippen LogP contribution >= 0.6 is 0 Å². The van der Waals surface area contributed by atoms with Gasteiger partial charge in [-0.1, -0.05) is 27.7 Å². The first-order valence-corrected chi connectivity index (χ1v) is 6.46. The quantitative estimate of drug-likeness (QED) is 0.501. The maximum atomic E-state index is 5.83. The van der Waals surface area contributed by atoms with E-state index in [2.05, 4.69) is 27.7 Å². The lowest BCUT2D eigenvalue weighted by Gasteiger charge is -2.30. The van der Waals surface area contributed by atoms with Crippen molar-refractivity contribution >= 4 is 9.04 Å². The Kier molecular flexibility index (Phi) is 5.05. The minimum atomic E-state index is -1.10. The summed E-state index contributed by atoms with van der Waals surface area (Å²) in [5, 5.41) is 0.335. The van der Waals surface area contributed by atoms with Gasteiger partial charge in [0.1, 0.15) is 6.29 Å². The molecule has 0 aromatic rings. The summed E-state index contributed by atoms with van der Waals surface area (Å²) in [6.45, 7) is 10.9. The first-order chi connectivity index (χ1) is 5.41. The molecular weight excluding hydrogens is 168 g/mol. The maximum Gasteiger partial charge on any atom is 0.185 e. The molecule has 0 aliphatic carbocycles. The van der Waals surface area contributed by atoms with Gasteiger partial charge in [0.05, 0.1) is 0 Å². The third-order valence-corrected chi connectivity index (χ3v) is 5.41. The molecule has 0 aliphatic rings. The van der Waals surface area contributed by atoms with E-state index in [0.29, 0.717) is 5.04 Å². The van der Waals surface area contributed by atoms with E-state index in [1.54, 1.807) is 7.11 Å². The molecule has 0 fully saturated rings. The van der Waals surface area contributed by atoms with Crippen molar-refractivity contribution in [3.8, 4) is 0 Å². The van der Waals surface area contributed by atoms with Crippen molar-refractivity contribution in [1.29, 1.82) is 0 Å². The molecule has 0 saturated carbocycles. The minimum absolute atomic E-state index is 0.0409. The van der Waals surface area contributed by atoms with E-state index in [1.807, 2.05) is 6.92 Å². The Balaban J connectivity index is 4.00. The second-order valence-corrected chi connectivity index (χ2v) is 8.00. The Morgan fingerprint density at radius 2 is 1.83 bits per heavy atom. The Morgan fingerprint density at radius 1 is 1.33 bits per heavy atom. The topological polar surface area (TPSA) is 18.5 Å². The molecule has 3 heteroatoms. The maximum absolute atomic E-state index is 5.83. The molecule has 0 aromatic carbocycles. The van der Waals surface area contributed by atoms with Crippen molar-refractivity contribution in [3.63, 3.8) is 0 Å². The fourth-order valence-electron chi connectivity index (χ4n) is 1.20. The number of rotatable bonds is 4. The highest BCUT2D eigenvalue weighted by molar-refractivity contribution is 6.55. The van der Waals surface area contributed by atoms with Crippen LogP contribution in [0.4, 0.5) is 0 Å². The molecule has 2 nitrogen and oxygen atoms in total. The van der Waals surface area contributed by atoms with Gasteiger partial charge in [-0.25, -0.2) is 0 Å². The molecule has 0 bridgehead atoms. The van der Waals surface area contributed by atoms with Gasteiger partial charge in [0, 0.05) is 7.11 Å². The lowest BCUT2D eigenvalue weighted by atomic mass is 10.2. The van der Waals surface area contributed by atoms with E-state index < -0.39 is 9.04 Å². The summed E-state index contributed by atoms with van der Waals surface area (Å²) in [5.74, 6) is 0. The first-order valence-electron chi connectivity index (χ1n) is 4.60. The Labute approximate surface area is 78.0 Å². The van der Waals surface area contributed by atoms with E-state index in [0.717, 1.165) is 6.04 Å². The third-order valence-electron chi connectivity index (χ3n) is 2.02. The third kappa shape index (κ3) is 4.23. The number of methoxy groups -OCH3 is 1. The second-order valence-electron chi connectivity index (χ2n) is 4.20. The fraction of sp³-hybridized carbons (Fsp3) is 1.00. The highest BCUT2D eigenvalue weighted by atomic mass is 28.3. The molecule has 0 heterocycles. The molecule has 2 atom stereocenters. The molecule has 0 aromatic heterocycles. The van der Waals surface area contributed by atoms with Crippen LogP contribution in [-0.4, -0.2) is 22.4 Å².